The van der Waals surface area contributed by atoms with Gasteiger partial charge in [-0.05, 0) is 24.1 Å². The van der Waals surface area contributed by atoms with Crippen LogP contribution in [0.25, 0.3) is 0 Å². The molecule has 0 spiro atoms. The SMILES string of the molecule is COCC(N)Cc1c(Cl)cccc1Cl. The van der Waals surface area contributed by atoms with Crippen molar-refractivity contribution in [3.8, 4) is 0 Å². The zero-order chi connectivity index (χ0) is 10.6. The van der Waals surface area contributed by atoms with E-state index in [-0.39, 0.29) is 6.04 Å². The van der Waals surface area contributed by atoms with Gasteiger partial charge >= 0.3 is 0 Å². The van der Waals surface area contributed by atoms with Crippen molar-refractivity contribution in [1.82, 2.24) is 0 Å². The molecule has 14 heavy (non-hydrogen) atoms. The van der Waals surface area contributed by atoms with Crippen molar-refractivity contribution in [2.75, 3.05) is 13.7 Å². The first kappa shape index (κ1) is 11.8. The molecule has 1 unspecified atom stereocenters. The Morgan fingerprint density at radius 3 is 2.43 bits per heavy atom. The summed E-state index contributed by atoms with van der Waals surface area (Å²) < 4.78 is 4.94. The van der Waals surface area contributed by atoms with Gasteiger partial charge in [-0.2, -0.15) is 0 Å². The molecule has 0 saturated carbocycles. The van der Waals surface area contributed by atoms with Gasteiger partial charge in [0.2, 0.25) is 0 Å². The smallest absolute Gasteiger partial charge is 0.0616 e. The van der Waals surface area contributed by atoms with Crippen LogP contribution in [-0.2, 0) is 11.2 Å². The summed E-state index contributed by atoms with van der Waals surface area (Å²) in [4.78, 5) is 0. The molecular formula is C10H13Cl2NO. The second-order valence-corrected chi connectivity index (χ2v) is 3.93. The van der Waals surface area contributed by atoms with Gasteiger partial charge in [0.1, 0.15) is 0 Å². The van der Waals surface area contributed by atoms with E-state index in [0.717, 1.165) is 5.56 Å². The summed E-state index contributed by atoms with van der Waals surface area (Å²) in [7, 11) is 1.62. The summed E-state index contributed by atoms with van der Waals surface area (Å²) in [6.07, 6.45) is 0.631. The molecule has 0 heterocycles. The lowest BCUT2D eigenvalue weighted by atomic mass is 10.1. The fourth-order valence-corrected chi connectivity index (χ4v) is 1.81. The lowest BCUT2D eigenvalue weighted by Crippen LogP contribution is -2.28. The standard InChI is InChI=1S/C10H13Cl2NO/c1-14-6-7(13)5-8-9(11)3-2-4-10(8)12/h2-4,7H,5-6,13H2,1H3. The molecule has 0 bridgehead atoms. The van der Waals surface area contributed by atoms with E-state index in [1.807, 2.05) is 18.2 Å². The third-order valence-corrected chi connectivity index (χ3v) is 2.62. The average Bonchev–Trinajstić information content (AvgIpc) is 2.12. The second-order valence-electron chi connectivity index (χ2n) is 3.12. The van der Waals surface area contributed by atoms with Gasteiger partial charge in [0.05, 0.1) is 6.61 Å². The Bertz CT molecular complexity index is 284. The quantitative estimate of drug-likeness (QED) is 0.868. The maximum absolute atomic E-state index is 5.99. The van der Waals surface area contributed by atoms with Crippen molar-refractivity contribution < 1.29 is 4.74 Å². The summed E-state index contributed by atoms with van der Waals surface area (Å²) in [5.41, 5.74) is 6.70. The van der Waals surface area contributed by atoms with Crippen LogP contribution in [0.15, 0.2) is 18.2 Å². The van der Waals surface area contributed by atoms with E-state index in [1.165, 1.54) is 0 Å². The number of rotatable bonds is 4. The molecule has 0 fully saturated rings. The van der Waals surface area contributed by atoms with Crippen molar-refractivity contribution in [2.24, 2.45) is 5.73 Å². The van der Waals surface area contributed by atoms with Gasteiger partial charge in [0.15, 0.2) is 0 Å². The highest BCUT2D eigenvalue weighted by molar-refractivity contribution is 6.35. The highest BCUT2D eigenvalue weighted by atomic mass is 35.5. The van der Waals surface area contributed by atoms with Crippen LogP contribution in [0.2, 0.25) is 10.0 Å². The number of halogens is 2. The minimum atomic E-state index is -0.0719. The first-order valence-corrected chi connectivity index (χ1v) is 5.08. The van der Waals surface area contributed by atoms with Crippen LogP contribution in [0.5, 0.6) is 0 Å². The monoisotopic (exact) mass is 233 g/mol. The normalized spacial score (nSPS) is 12.9. The number of benzene rings is 1. The Hall–Kier alpha value is -0.280. The summed E-state index contributed by atoms with van der Waals surface area (Å²) in [5, 5.41) is 1.31. The minimum absolute atomic E-state index is 0.0719. The Balaban J connectivity index is 2.75. The Morgan fingerprint density at radius 2 is 1.93 bits per heavy atom. The van der Waals surface area contributed by atoms with Crippen LogP contribution in [0.3, 0.4) is 0 Å². The molecule has 0 aliphatic heterocycles. The number of methoxy groups -OCH3 is 1. The van der Waals surface area contributed by atoms with Gasteiger partial charge in [-0.25, -0.2) is 0 Å². The van der Waals surface area contributed by atoms with Crippen molar-refractivity contribution in [3.05, 3.63) is 33.8 Å². The molecule has 0 aliphatic rings. The summed E-state index contributed by atoms with van der Waals surface area (Å²) >= 11 is 12.0. The minimum Gasteiger partial charge on any atom is -0.383 e. The van der Waals surface area contributed by atoms with Crippen LogP contribution < -0.4 is 5.73 Å². The van der Waals surface area contributed by atoms with Gasteiger partial charge in [-0.15, -0.1) is 0 Å². The maximum Gasteiger partial charge on any atom is 0.0616 e. The predicted molar refractivity (Wildman–Crippen MR) is 60.0 cm³/mol. The van der Waals surface area contributed by atoms with Crippen LogP contribution in [0.4, 0.5) is 0 Å². The van der Waals surface area contributed by atoms with E-state index < -0.39 is 0 Å². The van der Waals surface area contributed by atoms with E-state index in [9.17, 15) is 0 Å². The average molecular weight is 234 g/mol. The molecule has 4 heteroatoms. The van der Waals surface area contributed by atoms with Crippen LogP contribution in [0.1, 0.15) is 5.56 Å². The molecule has 1 rings (SSSR count). The number of nitrogens with two attached hydrogens (primary N) is 1. The summed E-state index contributed by atoms with van der Waals surface area (Å²) in [6.45, 7) is 0.502. The van der Waals surface area contributed by atoms with Crippen LogP contribution in [0, 0.1) is 0 Å². The lowest BCUT2D eigenvalue weighted by molar-refractivity contribution is 0.180. The molecule has 1 aromatic carbocycles. The van der Waals surface area contributed by atoms with Crippen molar-refractivity contribution in [2.45, 2.75) is 12.5 Å². The Morgan fingerprint density at radius 1 is 1.36 bits per heavy atom. The summed E-state index contributed by atoms with van der Waals surface area (Å²) in [5.74, 6) is 0. The van der Waals surface area contributed by atoms with Gasteiger partial charge in [0.25, 0.3) is 0 Å². The largest absolute Gasteiger partial charge is 0.383 e. The molecule has 0 amide bonds. The maximum atomic E-state index is 5.99. The molecule has 0 saturated heterocycles. The number of hydrogen-bond acceptors (Lipinski definition) is 2. The molecule has 78 valence electrons. The Kier molecular flexibility index (Phi) is 4.69. The van der Waals surface area contributed by atoms with Gasteiger partial charge in [-0.1, -0.05) is 29.3 Å². The van der Waals surface area contributed by atoms with Crippen molar-refractivity contribution in [1.29, 1.82) is 0 Å². The number of ether oxygens (including phenoxy) is 1. The predicted octanol–water partition coefficient (Wildman–Crippen LogP) is 2.51. The molecule has 1 atom stereocenters. The molecule has 0 radical (unpaired) electrons. The van der Waals surface area contributed by atoms with Gasteiger partial charge in [-0.3, -0.25) is 0 Å². The third-order valence-electron chi connectivity index (χ3n) is 1.91. The van der Waals surface area contributed by atoms with E-state index in [2.05, 4.69) is 0 Å². The molecule has 0 aliphatic carbocycles. The van der Waals surface area contributed by atoms with Gasteiger partial charge in [0, 0.05) is 23.2 Å². The molecule has 1 aromatic rings. The second kappa shape index (κ2) is 5.56. The molecule has 2 nitrogen and oxygen atoms in total. The van der Waals surface area contributed by atoms with E-state index in [1.54, 1.807) is 7.11 Å². The molecule has 2 N–H and O–H groups in total. The Labute approximate surface area is 94.0 Å². The van der Waals surface area contributed by atoms with Crippen LogP contribution in [-0.4, -0.2) is 19.8 Å². The summed E-state index contributed by atoms with van der Waals surface area (Å²) in [6, 6.07) is 5.36. The van der Waals surface area contributed by atoms with Crippen molar-refractivity contribution >= 4 is 23.2 Å². The molecular weight excluding hydrogens is 221 g/mol. The van der Waals surface area contributed by atoms with E-state index >= 15 is 0 Å². The first-order chi connectivity index (χ1) is 6.65. The highest BCUT2D eigenvalue weighted by Crippen LogP contribution is 2.25. The fraction of sp³-hybridized carbons (Fsp3) is 0.400. The van der Waals surface area contributed by atoms with E-state index in [0.29, 0.717) is 23.1 Å². The van der Waals surface area contributed by atoms with Crippen molar-refractivity contribution in [3.63, 3.8) is 0 Å². The van der Waals surface area contributed by atoms with E-state index in [4.69, 9.17) is 33.7 Å². The zero-order valence-electron chi connectivity index (χ0n) is 7.97. The number of hydrogen-bond donors (Lipinski definition) is 1. The van der Waals surface area contributed by atoms with Gasteiger partial charge < -0.3 is 10.5 Å². The molecule has 0 aromatic heterocycles. The zero-order valence-corrected chi connectivity index (χ0v) is 9.48. The fourth-order valence-electron chi connectivity index (χ4n) is 1.26. The van der Waals surface area contributed by atoms with Crippen LogP contribution >= 0.6 is 23.2 Å². The third kappa shape index (κ3) is 3.14. The topological polar surface area (TPSA) is 35.2 Å². The lowest BCUT2D eigenvalue weighted by Gasteiger charge is -2.12. The highest BCUT2D eigenvalue weighted by Gasteiger charge is 2.10. The first-order valence-electron chi connectivity index (χ1n) is 4.32.